The smallest absolute Gasteiger partial charge is 0.257 e. The molecule has 1 aliphatic heterocycles. The summed E-state index contributed by atoms with van der Waals surface area (Å²) in [5.74, 6) is 0.0810. The van der Waals surface area contributed by atoms with E-state index in [1.54, 1.807) is 12.4 Å². The van der Waals surface area contributed by atoms with Crippen molar-refractivity contribution in [1.29, 1.82) is 0 Å². The third kappa shape index (κ3) is 3.28. The Morgan fingerprint density at radius 3 is 2.65 bits per heavy atom. The van der Waals surface area contributed by atoms with E-state index in [0.29, 0.717) is 11.6 Å². The summed E-state index contributed by atoms with van der Waals surface area (Å²) in [5.41, 5.74) is 1.55. The van der Waals surface area contributed by atoms with E-state index in [-0.39, 0.29) is 5.91 Å². The first-order valence-corrected chi connectivity index (χ1v) is 7.34. The molecule has 0 unspecified atom stereocenters. The molecule has 110 valence electrons. The highest BCUT2D eigenvalue weighted by molar-refractivity contribution is 5.99. The molecule has 0 bridgehead atoms. The zero-order valence-electron chi connectivity index (χ0n) is 12.6. The monoisotopic (exact) mass is 276 g/mol. The van der Waals surface area contributed by atoms with Crippen LogP contribution in [0.4, 0.5) is 5.69 Å². The van der Waals surface area contributed by atoms with Gasteiger partial charge in [-0.2, -0.15) is 0 Å². The minimum absolute atomic E-state index is 0.0810. The number of hydrogen-bond acceptors (Lipinski definition) is 4. The van der Waals surface area contributed by atoms with Crippen molar-refractivity contribution in [2.75, 3.05) is 38.0 Å². The highest BCUT2D eigenvalue weighted by atomic mass is 16.2. The Morgan fingerprint density at radius 2 is 2.05 bits per heavy atom. The fourth-order valence-corrected chi connectivity index (χ4v) is 2.52. The second-order valence-corrected chi connectivity index (χ2v) is 5.37. The van der Waals surface area contributed by atoms with E-state index in [1.807, 2.05) is 17.9 Å². The summed E-state index contributed by atoms with van der Waals surface area (Å²) in [5, 5.41) is 3.23. The lowest BCUT2D eigenvalue weighted by atomic mass is 10.1. The number of rotatable bonds is 4. The van der Waals surface area contributed by atoms with E-state index in [4.69, 9.17) is 0 Å². The number of piperazine rings is 1. The van der Waals surface area contributed by atoms with Gasteiger partial charge in [-0.1, -0.05) is 0 Å². The summed E-state index contributed by atoms with van der Waals surface area (Å²) in [6, 6.07) is 2.41. The van der Waals surface area contributed by atoms with Crippen molar-refractivity contribution in [3.8, 4) is 0 Å². The number of anilines is 1. The molecule has 1 saturated heterocycles. The van der Waals surface area contributed by atoms with Gasteiger partial charge in [0.1, 0.15) is 0 Å². The number of nitrogens with one attached hydrogen (secondary N) is 1. The SMILES string of the molecule is CCNc1ccncc1C(=O)N1CCN(C(C)C)CC1. The summed E-state index contributed by atoms with van der Waals surface area (Å²) in [6.45, 7) is 10.7. The van der Waals surface area contributed by atoms with Crippen molar-refractivity contribution >= 4 is 11.6 Å². The molecule has 0 saturated carbocycles. The van der Waals surface area contributed by atoms with Gasteiger partial charge in [0.2, 0.25) is 0 Å². The number of nitrogens with zero attached hydrogens (tertiary/aromatic N) is 3. The van der Waals surface area contributed by atoms with Crippen LogP contribution in [-0.4, -0.2) is 59.5 Å². The molecular weight excluding hydrogens is 252 g/mol. The van der Waals surface area contributed by atoms with E-state index >= 15 is 0 Å². The Bertz CT molecular complexity index is 453. The Labute approximate surface area is 121 Å². The predicted octanol–water partition coefficient (Wildman–Crippen LogP) is 1.68. The molecule has 2 heterocycles. The second-order valence-electron chi connectivity index (χ2n) is 5.37. The molecule has 1 amide bonds. The first kappa shape index (κ1) is 14.8. The largest absolute Gasteiger partial charge is 0.385 e. The quantitative estimate of drug-likeness (QED) is 0.909. The van der Waals surface area contributed by atoms with Crippen molar-refractivity contribution in [2.45, 2.75) is 26.8 Å². The maximum atomic E-state index is 12.6. The number of amides is 1. The molecule has 2 rings (SSSR count). The zero-order chi connectivity index (χ0) is 14.5. The van der Waals surface area contributed by atoms with Crippen molar-refractivity contribution in [2.24, 2.45) is 0 Å². The summed E-state index contributed by atoms with van der Waals surface area (Å²) < 4.78 is 0. The first-order valence-electron chi connectivity index (χ1n) is 7.34. The summed E-state index contributed by atoms with van der Waals surface area (Å²) >= 11 is 0. The molecule has 5 heteroatoms. The van der Waals surface area contributed by atoms with Crippen LogP contribution < -0.4 is 5.32 Å². The molecule has 0 aromatic carbocycles. The van der Waals surface area contributed by atoms with Crippen LogP contribution in [0.1, 0.15) is 31.1 Å². The van der Waals surface area contributed by atoms with Gasteiger partial charge >= 0.3 is 0 Å². The molecule has 5 nitrogen and oxygen atoms in total. The first-order chi connectivity index (χ1) is 9.63. The van der Waals surface area contributed by atoms with Gasteiger partial charge in [-0.05, 0) is 26.8 Å². The number of carbonyl (C=O) groups is 1. The minimum atomic E-state index is 0.0810. The lowest BCUT2D eigenvalue weighted by Crippen LogP contribution is -2.50. The molecule has 0 radical (unpaired) electrons. The topological polar surface area (TPSA) is 48.5 Å². The average Bonchev–Trinajstić information content (AvgIpc) is 2.47. The van der Waals surface area contributed by atoms with Crippen LogP contribution in [0.2, 0.25) is 0 Å². The van der Waals surface area contributed by atoms with Crippen LogP contribution >= 0.6 is 0 Å². The molecule has 20 heavy (non-hydrogen) atoms. The molecule has 0 spiro atoms. The summed E-state index contributed by atoms with van der Waals surface area (Å²) in [7, 11) is 0. The Hall–Kier alpha value is -1.62. The van der Waals surface area contributed by atoms with E-state index in [2.05, 4.69) is 29.0 Å². The van der Waals surface area contributed by atoms with E-state index in [1.165, 1.54) is 0 Å². The molecule has 1 fully saturated rings. The summed E-state index contributed by atoms with van der Waals surface area (Å²) in [6.07, 6.45) is 3.38. The van der Waals surface area contributed by atoms with Crippen LogP contribution in [0.5, 0.6) is 0 Å². The van der Waals surface area contributed by atoms with E-state index in [0.717, 1.165) is 38.4 Å². The predicted molar refractivity (Wildman–Crippen MR) is 81.0 cm³/mol. The standard InChI is InChI=1S/C15H24N4O/c1-4-17-14-5-6-16-11-13(14)15(20)19-9-7-18(8-10-19)12(2)3/h5-6,11-12H,4,7-10H2,1-3H3,(H,16,17). The lowest BCUT2D eigenvalue weighted by Gasteiger charge is -2.37. The molecule has 0 aliphatic carbocycles. The number of hydrogen-bond donors (Lipinski definition) is 1. The van der Waals surface area contributed by atoms with Crippen LogP contribution in [0.25, 0.3) is 0 Å². The van der Waals surface area contributed by atoms with Crippen LogP contribution in [-0.2, 0) is 0 Å². The van der Waals surface area contributed by atoms with Crippen molar-refractivity contribution < 1.29 is 4.79 Å². The maximum absolute atomic E-state index is 12.6. The molecule has 1 aromatic heterocycles. The maximum Gasteiger partial charge on any atom is 0.257 e. The Morgan fingerprint density at radius 1 is 1.35 bits per heavy atom. The molecular formula is C15H24N4O. The second kappa shape index (κ2) is 6.70. The highest BCUT2D eigenvalue weighted by Gasteiger charge is 2.24. The van der Waals surface area contributed by atoms with Gasteiger partial charge in [0.15, 0.2) is 0 Å². The fourth-order valence-electron chi connectivity index (χ4n) is 2.52. The van der Waals surface area contributed by atoms with Crippen molar-refractivity contribution in [3.63, 3.8) is 0 Å². The van der Waals surface area contributed by atoms with E-state index in [9.17, 15) is 4.79 Å². The summed E-state index contributed by atoms with van der Waals surface area (Å²) in [4.78, 5) is 21.0. The third-order valence-corrected chi connectivity index (χ3v) is 3.75. The number of aromatic nitrogens is 1. The average molecular weight is 276 g/mol. The Kier molecular flexibility index (Phi) is 4.95. The van der Waals surface area contributed by atoms with Crippen LogP contribution in [0, 0.1) is 0 Å². The minimum Gasteiger partial charge on any atom is -0.385 e. The fraction of sp³-hybridized carbons (Fsp3) is 0.600. The number of carbonyl (C=O) groups excluding carboxylic acids is 1. The molecule has 0 atom stereocenters. The molecule has 1 aliphatic rings. The van der Waals surface area contributed by atoms with Crippen molar-refractivity contribution in [1.82, 2.24) is 14.8 Å². The van der Waals surface area contributed by atoms with Gasteiger partial charge in [-0.25, -0.2) is 0 Å². The highest BCUT2D eigenvalue weighted by Crippen LogP contribution is 2.17. The third-order valence-electron chi connectivity index (χ3n) is 3.75. The Balaban J connectivity index is 2.05. The van der Waals surface area contributed by atoms with Gasteiger partial charge in [0.05, 0.1) is 11.3 Å². The van der Waals surface area contributed by atoms with Crippen LogP contribution in [0.3, 0.4) is 0 Å². The normalized spacial score (nSPS) is 16.5. The van der Waals surface area contributed by atoms with Gasteiger partial charge in [0.25, 0.3) is 5.91 Å². The van der Waals surface area contributed by atoms with Gasteiger partial charge in [0, 0.05) is 51.2 Å². The van der Waals surface area contributed by atoms with Gasteiger partial charge in [-0.15, -0.1) is 0 Å². The zero-order valence-corrected chi connectivity index (χ0v) is 12.6. The molecule has 1 N–H and O–H groups in total. The molecule has 1 aromatic rings. The van der Waals surface area contributed by atoms with E-state index < -0.39 is 0 Å². The van der Waals surface area contributed by atoms with Gasteiger partial charge in [-0.3, -0.25) is 14.7 Å². The van der Waals surface area contributed by atoms with Crippen LogP contribution in [0.15, 0.2) is 18.5 Å². The number of pyridine rings is 1. The van der Waals surface area contributed by atoms with Crippen molar-refractivity contribution in [3.05, 3.63) is 24.0 Å². The van der Waals surface area contributed by atoms with Gasteiger partial charge < -0.3 is 10.2 Å². The lowest BCUT2D eigenvalue weighted by molar-refractivity contribution is 0.0596.